The van der Waals surface area contributed by atoms with Gasteiger partial charge in [0.05, 0.1) is 5.56 Å². The molecule has 5 heteroatoms. The van der Waals surface area contributed by atoms with E-state index in [1.807, 2.05) is 48.5 Å². The minimum absolute atomic E-state index is 0.0638. The summed E-state index contributed by atoms with van der Waals surface area (Å²) in [6.07, 6.45) is 4.44. The Bertz CT molecular complexity index is 783. The van der Waals surface area contributed by atoms with Crippen LogP contribution in [0.1, 0.15) is 41.6 Å². The molecule has 2 saturated heterocycles. The zero-order valence-electron chi connectivity index (χ0n) is 14.6. The fraction of sp³-hybridized carbons (Fsp3) is 0.381. The van der Waals surface area contributed by atoms with Gasteiger partial charge in [0.1, 0.15) is 12.4 Å². The Morgan fingerprint density at radius 1 is 1.08 bits per heavy atom. The zero-order chi connectivity index (χ0) is 17.9. The third-order valence-electron chi connectivity index (χ3n) is 5.28. The first kappa shape index (κ1) is 17.4. The molecule has 2 atom stereocenters. The summed E-state index contributed by atoms with van der Waals surface area (Å²) in [5.74, 6) is 0.521. The zero-order valence-corrected chi connectivity index (χ0v) is 15.3. The van der Waals surface area contributed by atoms with Crippen molar-refractivity contribution in [1.29, 1.82) is 0 Å². The molecule has 0 aliphatic carbocycles. The van der Waals surface area contributed by atoms with Crippen LogP contribution in [0.25, 0.3) is 0 Å². The van der Waals surface area contributed by atoms with Crippen LogP contribution in [-0.4, -0.2) is 24.0 Å². The maximum Gasteiger partial charge on any atom is 0.255 e. The van der Waals surface area contributed by atoms with Crippen molar-refractivity contribution < 1.29 is 9.53 Å². The summed E-state index contributed by atoms with van der Waals surface area (Å²) in [6, 6.07) is 16.3. The summed E-state index contributed by atoms with van der Waals surface area (Å²) in [5, 5.41) is 7.47. The van der Waals surface area contributed by atoms with E-state index in [0.29, 0.717) is 35.0 Å². The number of amides is 1. The summed E-state index contributed by atoms with van der Waals surface area (Å²) in [5.41, 5.74) is 1.48. The van der Waals surface area contributed by atoms with Crippen molar-refractivity contribution in [3.8, 4) is 5.75 Å². The molecule has 0 aromatic heterocycles. The minimum Gasteiger partial charge on any atom is -0.488 e. The number of carbonyl (C=O) groups is 1. The molecule has 2 aliphatic heterocycles. The number of halogens is 1. The van der Waals surface area contributed by atoms with Crippen molar-refractivity contribution in [2.24, 2.45) is 0 Å². The van der Waals surface area contributed by atoms with Gasteiger partial charge in [-0.3, -0.25) is 4.79 Å². The van der Waals surface area contributed by atoms with Crippen LogP contribution < -0.4 is 15.4 Å². The molecular formula is C21H23ClN2O2. The van der Waals surface area contributed by atoms with Gasteiger partial charge < -0.3 is 15.4 Å². The summed E-state index contributed by atoms with van der Waals surface area (Å²) >= 11 is 6.19. The smallest absolute Gasteiger partial charge is 0.255 e. The lowest BCUT2D eigenvalue weighted by atomic mass is 9.99. The average molecular weight is 371 g/mol. The lowest BCUT2D eigenvalue weighted by molar-refractivity contribution is 0.0919. The Balaban J connectivity index is 1.43. The molecule has 0 spiro atoms. The van der Waals surface area contributed by atoms with E-state index in [0.717, 1.165) is 18.4 Å². The normalized spacial score (nSPS) is 24.3. The predicted octanol–water partition coefficient (Wildman–Crippen LogP) is 3.93. The van der Waals surface area contributed by atoms with Crippen molar-refractivity contribution >= 4 is 17.5 Å². The average Bonchev–Trinajstić information content (AvgIpc) is 2.99. The summed E-state index contributed by atoms with van der Waals surface area (Å²) in [6.45, 7) is 0.335. The minimum atomic E-state index is -0.0638. The van der Waals surface area contributed by atoms with Crippen LogP contribution in [0.4, 0.5) is 0 Å². The van der Waals surface area contributed by atoms with Crippen molar-refractivity contribution in [1.82, 2.24) is 10.6 Å². The van der Waals surface area contributed by atoms with Gasteiger partial charge in [-0.2, -0.15) is 0 Å². The van der Waals surface area contributed by atoms with Crippen LogP contribution in [0.5, 0.6) is 5.75 Å². The van der Waals surface area contributed by atoms with Crippen LogP contribution >= 0.6 is 11.6 Å². The molecule has 2 aromatic rings. The molecule has 2 heterocycles. The van der Waals surface area contributed by atoms with Gasteiger partial charge in [0.25, 0.3) is 5.91 Å². The predicted molar refractivity (Wildman–Crippen MR) is 103 cm³/mol. The molecule has 2 unspecified atom stereocenters. The molecule has 4 nitrogen and oxygen atoms in total. The third-order valence-corrected chi connectivity index (χ3v) is 5.65. The first-order chi connectivity index (χ1) is 12.7. The Morgan fingerprint density at radius 2 is 1.77 bits per heavy atom. The van der Waals surface area contributed by atoms with Gasteiger partial charge in [-0.25, -0.2) is 0 Å². The van der Waals surface area contributed by atoms with Gasteiger partial charge in [-0.05, 0) is 43.9 Å². The molecule has 26 heavy (non-hydrogen) atoms. The SMILES string of the molecule is O=C(NC1CC2CCC(C1)N2)c1ccccc1OCc1ccccc1Cl. The Labute approximate surface area is 158 Å². The highest BCUT2D eigenvalue weighted by Gasteiger charge is 2.34. The van der Waals surface area contributed by atoms with E-state index in [4.69, 9.17) is 16.3 Å². The van der Waals surface area contributed by atoms with E-state index in [1.165, 1.54) is 12.8 Å². The van der Waals surface area contributed by atoms with Crippen LogP contribution in [0.15, 0.2) is 48.5 Å². The van der Waals surface area contributed by atoms with E-state index >= 15 is 0 Å². The number of piperidine rings is 1. The fourth-order valence-corrected chi connectivity index (χ4v) is 4.18. The first-order valence-electron chi connectivity index (χ1n) is 9.21. The fourth-order valence-electron chi connectivity index (χ4n) is 3.99. The highest BCUT2D eigenvalue weighted by atomic mass is 35.5. The van der Waals surface area contributed by atoms with Crippen molar-refractivity contribution in [3.05, 3.63) is 64.7 Å². The number of ether oxygens (including phenoxy) is 1. The molecule has 2 bridgehead atoms. The van der Waals surface area contributed by atoms with Crippen LogP contribution in [0.3, 0.4) is 0 Å². The van der Waals surface area contributed by atoms with Gasteiger partial charge in [0.15, 0.2) is 0 Å². The number of rotatable bonds is 5. The Morgan fingerprint density at radius 3 is 2.54 bits per heavy atom. The monoisotopic (exact) mass is 370 g/mol. The molecule has 2 N–H and O–H groups in total. The second-order valence-electron chi connectivity index (χ2n) is 7.16. The molecular weight excluding hydrogens is 348 g/mol. The Hall–Kier alpha value is -2.04. The quantitative estimate of drug-likeness (QED) is 0.838. The van der Waals surface area contributed by atoms with E-state index in [2.05, 4.69) is 10.6 Å². The standard InChI is InChI=1S/C21H23ClN2O2/c22-19-7-3-1-5-14(19)13-26-20-8-4-2-6-18(20)21(25)24-17-11-15-9-10-16(12-17)23-15/h1-8,15-17,23H,9-13H2,(H,24,25). The van der Waals surface area contributed by atoms with Gasteiger partial charge in [0, 0.05) is 28.7 Å². The summed E-state index contributed by atoms with van der Waals surface area (Å²) < 4.78 is 5.91. The molecule has 2 fully saturated rings. The molecule has 2 aliphatic rings. The Kier molecular flexibility index (Phi) is 5.14. The maximum atomic E-state index is 12.8. The molecule has 136 valence electrons. The number of fused-ring (bicyclic) bond motifs is 2. The van der Waals surface area contributed by atoms with Crippen molar-refractivity contribution in [2.75, 3.05) is 0 Å². The number of benzene rings is 2. The van der Waals surface area contributed by atoms with E-state index in [-0.39, 0.29) is 11.9 Å². The number of nitrogens with one attached hydrogen (secondary N) is 2. The van der Waals surface area contributed by atoms with Gasteiger partial charge in [-0.1, -0.05) is 41.9 Å². The summed E-state index contributed by atoms with van der Waals surface area (Å²) in [7, 11) is 0. The highest BCUT2D eigenvalue weighted by molar-refractivity contribution is 6.31. The number of hydrogen-bond acceptors (Lipinski definition) is 3. The lowest BCUT2D eigenvalue weighted by Crippen LogP contribution is -2.48. The molecule has 1 amide bonds. The van der Waals surface area contributed by atoms with E-state index < -0.39 is 0 Å². The van der Waals surface area contributed by atoms with Crippen LogP contribution in [-0.2, 0) is 6.61 Å². The molecule has 0 saturated carbocycles. The molecule has 4 rings (SSSR count). The number of hydrogen-bond donors (Lipinski definition) is 2. The number of para-hydroxylation sites is 1. The van der Waals surface area contributed by atoms with Gasteiger partial charge >= 0.3 is 0 Å². The van der Waals surface area contributed by atoms with Crippen molar-refractivity contribution in [3.63, 3.8) is 0 Å². The molecule has 0 radical (unpaired) electrons. The second-order valence-corrected chi connectivity index (χ2v) is 7.56. The van der Waals surface area contributed by atoms with E-state index in [9.17, 15) is 4.79 Å². The third kappa shape index (κ3) is 3.87. The maximum absolute atomic E-state index is 12.8. The van der Waals surface area contributed by atoms with Crippen molar-refractivity contribution in [2.45, 2.75) is 50.4 Å². The highest BCUT2D eigenvalue weighted by Crippen LogP contribution is 2.28. The molecule has 2 aromatic carbocycles. The first-order valence-corrected chi connectivity index (χ1v) is 9.59. The summed E-state index contributed by atoms with van der Waals surface area (Å²) in [4.78, 5) is 12.8. The second kappa shape index (κ2) is 7.68. The van der Waals surface area contributed by atoms with Crippen LogP contribution in [0, 0.1) is 0 Å². The van der Waals surface area contributed by atoms with Gasteiger partial charge in [-0.15, -0.1) is 0 Å². The largest absolute Gasteiger partial charge is 0.488 e. The number of carbonyl (C=O) groups excluding carboxylic acids is 1. The lowest BCUT2D eigenvalue weighted by Gasteiger charge is -2.29. The van der Waals surface area contributed by atoms with E-state index in [1.54, 1.807) is 0 Å². The van der Waals surface area contributed by atoms with Crippen LogP contribution in [0.2, 0.25) is 5.02 Å². The van der Waals surface area contributed by atoms with Gasteiger partial charge in [0.2, 0.25) is 0 Å². The topological polar surface area (TPSA) is 50.4 Å².